The van der Waals surface area contributed by atoms with E-state index in [1.807, 2.05) is 0 Å². The largest absolute Gasteiger partial charge is 0.338 e. The summed E-state index contributed by atoms with van der Waals surface area (Å²) in [5.74, 6) is 0.870. The molecule has 0 aliphatic carbocycles. The summed E-state index contributed by atoms with van der Waals surface area (Å²) in [4.78, 5) is 4.57. The van der Waals surface area contributed by atoms with E-state index >= 15 is 0 Å². The minimum absolute atomic E-state index is 0.0873. The minimum atomic E-state index is -0.296. The lowest BCUT2D eigenvalue weighted by atomic mass is 9.78. The van der Waals surface area contributed by atoms with Crippen molar-refractivity contribution < 1.29 is 8.91 Å². The van der Waals surface area contributed by atoms with Crippen LogP contribution in [0.2, 0.25) is 0 Å². The van der Waals surface area contributed by atoms with Crippen LogP contribution in [0.5, 0.6) is 0 Å². The predicted octanol–water partition coefficient (Wildman–Crippen LogP) is 3.67. The van der Waals surface area contributed by atoms with Gasteiger partial charge in [0.15, 0.2) is 0 Å². The van der Waals surface area contributed by atoms with Gasteiger partial charge < -0.3 is 9.84 Å². The maximum atomic E-state index is 13.2. The van der Waals surface area contributed by atoms with Crippen LogP contribution in [0.1, 0.15) is 32.1 Å². The minimum Gasteiger partial charge on any atom is -0.338 e. The van der Waals surface area contributed by atoms with Gasteiger partial charge in [0, 0.05) is 16.6 Å². The zero-order chi connectivity index (χ0) is 14.9. The van der Waals surface area contributed by atoms with Crippen molar-refractivity contribution in [3.63, 3.8) is 0 Å². The van der Waals surface area contributed by atoms with Crippen molar-refractivity contribution in [2.24, 2.45) is 0 Å². The summed E-state index contributed by atoms with van der Waals surface area (Å²) in [6.45, 7) is 4.03. The normalized spacial score (nSPS) is 22.4. The molecule has 0 amide bonds. The molecule has 1 N–H and O–H groups in total. The molecule has 0 saturated carbocycles. The first kappa shape index (κ1) is 14.7. The van der Waals surface area contributed by atoms with Crippen molar-refractivity contribution in [1.82, 2.24) is 15.5 Å². The average Bonchev–Trinajstić information content (AvgIpc) is 2.98. The lowest BCUT2D eigenvalue weighted by molar-refractivity contribution is 0.221. The second-order valence-corrected chi connectivity index (χ2v) is 6.32. The zero-order valence-corrected chi connectivity index (χ0v) is 13.4. The Morgan fingerprint density at radius 1 is 1.48 bits per heavy atom. The number of benzene rings is 1. The Kier molecular flexibility index (Phi) is 4.08. The van der Waals surface area contributed by atoms with Crippen LogP contribution in [-0.2, 0) is 5.41 Å². The summed E-state index contributed by atoms with van der Waals surface area (Å²) in [5.41, 5.74) is 0.650. The molecular weight excluding hydrogens is 337 g/mol. The SMILES string of the molecule is CCC1(c2nc(-c3ccc(F)cc3Br)no2)CCCNC1. The summed E-state index contributed by atoms with van der Waals surface area (Å²) >= 11 is 3.35. The van der Waals surface area contributed by atoms with Crippen LogP contribution < -0.4 is 5.32 Å². The molecule has 2 aromatic rings. The van der Waals surface area contributed by atoms with Crippen molar-refractivity contribution in [3.05, 3.63) is 34.4 Å². The third-order valence-corrected chi connectivity index (χ3v) is 4.86. The number of nitrogens with zero attached hydrogens (tertiary/aromatic N) is 2. The summed E-state index contributed by atoms with van der Waals surface area (Å²) in [6.07, 6.45) is 3.10. The third kappa shape index (κ3) is 2.74. The van der Waals surface area contributed by atoms with Gasteiger partial charge in [0.05, 0.1) is 5.41 Å². The predicted molar refractivity (Wildman–Crippen MR) is 81.5 cm³/mol. The topological polar surface area (TPSA) is 51.0 Å². The molecular formula is C15H17BrFN3O. The number of aromatic nitrogens is 2. The number of hydrogen-bond donors (Lipinski definition) is 1. The highest BCUT2D eigenvalue weighted by Gasteiger charge is 2.37. The average molecular weight is 354 g/mol. The van der Waals surface area contributed by atoms with Crippen LogP contribution in [0, 0.1) is 5.82 Å². The van der Waals surface area contributed by atoms with Crippen molar-refractivity contribution in [1.29, 1.82) is 0 Å². The Balaban J connectivity index is 1.95. The number of piperidine rings is 1. The second-order valence-electron chi connectivity index (χ2n) is 5.46. The lowest BCUT2D eigenvalue weighted by Gasteiger charge is -2.33. The molecule has 3 rings (SSSR count). The molecule has 6 heteroatoms. The summed E-state index contributed by atoms with van der Waals surface area (Å²) in [5, 5.41) is 7.49. The fourth-order valence-electron chi connectivity index (χ4n) is 2.82. The van der Waals surface area contributed by atoms with Crippen LogP contribution >= 0.6 is 15.9 Å². The van der Waals surface area contributed by atoms with Gasteiger partial charge in [-0.3, -0.25) is 0 Å². The quantitative estimate of drug-likeness (QED) is 0.914. The fraction of sp³-hybridized carbons (Fsp3) is 0.467. The van der Waals surface area contributed by atoms with Gasteiger partial charge in [0.25, 0.3) is 0 Å². The highest BCUT2D eigenvalue weighted by molar-refractivity contribution is 9.10. The van der Waals surface area contributed by atoms with Crippen LogP contribution in [0.15, 0.2) is 27.2 Å². The van der Waals surface area contributed by atoms with Crippen LogP contribution in [-0.4, -0.2) is 23.2 Å². The van der Waals surface area contributed by atoms with Crippen LogP contribution in [0.4, 0.5) is 4.39 Å². The lowest BCUT2D eigenvalue weighted by Crippen LogP contribution is -2.43. The van der Waals surface area contributed by atoms with E-state index in [0.717, 1.165) is 37.9 Å². The third-order valence-electron chi connectivity index (χ3n) is 4.20. The number of hydrogen-bond acceptors (Lipinski definition) is 4. The van der Waals surface area contributed by atoms with Gasteiger partial charge in [-0.25, -0.2) is 4.39 Å². The molecule has 1 unspecified atom stereocenters. The summed E-state index contributed by atoms with van der Waals surface area (Å²) in [6, 6.07) is 4.46. The Labute approximate surface area is 131 Å². The first-order valence-corrected chi connectivity index (χ1v) is 7.94. The van der Waals surface area contributed by atoms with E-state index < -0.39 is 0 Å². The number of nitrogens with one attached hydrogen (secondary N) is 1. The first-order chi connectivity index (χ1) is 10.1. The molecule has 2 heterocycles. The second kappa shape index (κ2) is 5.85. The van der Waals surface area contributed by atoms with Crippen molar-refractivity contribution in [2.75, 3.05) is 13.1 Å². The Morgan fingerprint density at radius 2 is 2.33 bits per heavy atom. The van der Waals surface area contributed by atoms with Gasteiger partial charge in [-0.2, -0.15) is 4.98 Å². The van der Waals surface area contributed by atoms with Gasteiger partial charge in [-0.15, -0.1) is 0 Å². The van der Waals surface area contributed by atoms with E-state index in [4.69, 9.17) is 4.52 Å². The molecule has 0 radical (unpaired) electrons. The van der Waals surface area contributed by atoms with E-state index in [9.17, 15) is 4.39 Å². The molecule has 0 bridgehead atoms. The molecule has 0 spiro atoms. The number of rotatable bonds is 3. The molecule has 1 aliphatic heterocycles. The molecule has 21 heavy (non-hydrogen) atoms. The van der Waals surface area contributed by atoms with E-state index in [2.05, 4.69) is 38.3 Å². The zero-order valence-electron chi connectivity index (χ0n) is 11.8. The van der Waals surface area contributed by atoms with E-state index in [1.54, 1.807) is 6.07 Å². The number of halogens is 2. The molecule has 1 atom stereocenters. The van der Waals surface area contributed by atoms with Gasteiger partial charge in [-0.05, 0) is 59.9 Å². The molecule has 1 aliphatic rings. The smallest absolute Gasteiger partial charge is 0.234 e. The van der Waals surface area contributed by atoms with Gasteiger partial charge in [0.2, 0.25) is 11.7 Å². The maximum Gasteiger partial charge on any atom is 0.234 e. The first-order valence-electron chi connectivity index (χ1n) is 7.15. The van der Waals surface area contributed by atoms with Crippen LogP contribution in [0.25, 0.3) is 11.4 Å². The molecule has 4 nitrogen and oxygen atoms in total. The molecule has 1 saturated heterocycles. The van der Waals surface area contributed by atoms with E-state index in [1.165, 1.54) is 12.1 Å². The van der Waals surface area contributed by atoms with Gasteiger partial charge >= 0.3 is 0 Å². The van der Waals surface area contributed by atoms with Crippen molar-refractivity contribution in [3.8, 4) is 11.4 Å². The monoisotopic (exact) mass is 353 g/mol. The molecule has 1 fully saturated rings. The summed E-state index contributed by atoms with van der Waals surface area (Å²) in [7, 11) is 0. The highest BCUT2D eigenvalue weighted by Crippen LogP contribution is 2.35. The highest BCUT2D eigenvalue weighted by atomic mass is 79.9. The van der Waals surface area contributed by atoms with E-state index in [0.29, 0.717) is 16.2 Å². The molecule has 1 aromatic heterocycles. The van der Waals surface area contributed by atoms with Crippen molar-refractivity contribution in [2.45, 2.75) is 31.6 Å². The standard InChI is InChI=1S/C15H17BrFN3O/c1-2-15(6-3-7-18-9-15)14-19-13(20-21-14)11-5-4-10(17)8-12(11)16/h4-5,8,18H,2-3,6-7,9H2,1H3. The molecule has 112 valence electrons. The molecule has 1 aromatic carbocycles. The van der Waals surface area contributed by atoms with Crippen molar-refractivity contribution >= 4 is 15.9 Å². The van der Waals surface area contributed by atoms with E-state index in [-0.39, 0.29) is 11.2 Å². The van der Waals surface area contributed by atoms with Gasteiger partial charge in [0.1, 0.15) is 5.82 Å². The Bertz CT molecular complexity index is 638. The fourth-order valence-corrected chi connectivity index (χ4v) is 3.35. The van der Waals surface area contributed by atoms with Crippen LogP contribution in [0.3, 0.4) is 0 Å². The Hall–Kier alpha value is -1.27. The van der Waals surface area contributed by atoms with Gasteiger partial charge in [-0.1, -0.05) is 12.1 Å². The summed E-state index contributed by atoms with van der Waals surface area (Å²) < 4.78 is 19.3. The Morgan fingerprint density at radius 3 is 3.00 bits per heavy atom. The maximum absolute atomic E-state index is 13.2.